The molecule has 7 heteroatoms. The Balaban J connectivity index is 1.47. The van der Waals surface area contributed by atoms with E-state index in [1.165, 1.54) is 6.20 Å². The Morgan fingerprint density at radius 1 is 0.857 bits per heavy atom. The van der Waals surface area contributed by atoms with Crippen LogP contribution in [0.15, 0.2) is 77.3 Å². The van der Waals surface area contributed by atoms with Crippen molar-refractivity contribution in [1.82, 2.24) is 15.2 Å². The van der Waals surface area contributed by atoms with Gasteiger partial charge in [0, 0.05) is 11.8 Å². The molecule has 4 aromatic rings. The van der Waals surface area contributed by atoms with Gasteiger partial charge in [0.05, 0.1) is 11.3 Å². The van der Waals surface area contributed by atoms with Crippen LogP contribution in [0.3, 0.4) is 0 Å². The van der Waals surface area contributed by atoms with Crippen LogP contribution >= 0.6 is 0 Å². The van der Waals surface area contributed by atoms with Crippen molar-refractivity contribution >= 4 is 0 Å². The van der Waals surface area contributed by atoms with Crippen LogP contribution in [0.4, 0.5) is 8.78 Å². The van der Waals surface area contributed by atoms with Gasteiger partial charge in [-0.1, -0.05) is 48.5 Å². The van der Waals surface area contributed by atoms with Crippen LogP contribution in [0.1, 0.15) is 18.0 Å². The summed E-state index contributed by atoms with van der Waals surface area (Å²) in [4.78, 5) is 4.29. The molecule has 0 spiro atoms. The van der Waals surface area contributed by atoms with Crippen molar-refractivity contribution in [1.29, 1.82) is 0 Å². The zero-order valence-electron chi connectivity index (χ0n) is 14.6. The van der Waals surface area contributed by atoms with Crippen LogP contribution in [0.25, 0.3) is 22.6 Å². The number of benzene rings is 2. The highest BCUT2D eigenvalue weighted by molar-refractivity contribution is 5.70. The zero-order chi connectivity index (χ0) is 19.3. The summed E-state index contributed by atoms with van der Waals surface area (Å²) in [6.07, 6.45) is -1.31. The Morgan fingerprint density at radius 2 is 1.64 bits per heavy atom. The fourth-order valence-corrected chi connectivity index (χ4v) is 2.68. The van der Waals surface area contributed by atoms with Crippen LogP contribution < -0.4 is 4.74 Å². The predicted molar refractivity (Wildman–Crippen MR) is 98.7 cm³/mol. The Bertz CT molecular complexity index is 1050. The van der Waals surface area contributed by atoms with E-state index in [2.05, 4.69) is 15.2 Å². The first-order valence-corrected chi connectivity index (χ1v) is 8.55. The standard InChI is InChI=1S/C21H15F2N3O2/c22-19(23)21-26-25-20(28-21)15-10-11-16(24-12-15)13-27-18-9-5-4-8-17(18)14-6-2-1-3-7-14/h1-12,19H,13H2. The van der Waals surface area contributed by atoms with Crippen LogP contribution in [-0.2, 0) is 6.61 Å². The molecule has 0 aliphatic carbocycles. The molecular weight excluding hydrogens is 364 g/mol. The maximum atomic E-state index is 12.5. The third-order valence-corrected chi connectivity index (χ3v) is 4.05. The molecule has 0 amide bonds. The summed E-state index contributed by atoms with van der Waals surface area (Å²) in [6, 6.07) is 21.1. The molecule has 2 aromatic carbocycles. The molecule has 0 N–H and O–H groups in total. The molecule has 0 atom stereocenters. The number of alkyl halides is 2. The van der Waals surface area contributed by atoms with E-state index in [1.807, 2.05) is 54.6 Å². The van der Waals surface area contributed by atoms with Crippen LogP contribution in [-0.4, -0.2) is 15.2 Å². The molecule has 0 aliphatic heterocycles. The van der Waals surface area contributed by atoms with E-state index >= 15 is 0 Å². The number of halogens is 2. The fourth-order valence-electron chi connectivity index (χ4n) is 2.68. The third kappa shape index (κ3) is 3.88. The van der Waals surface area contributed by atoms with E-state index < -0.39 is 12.3 Å². The van der Waals surface area contributed by atoms with E-state index in [-0.39, 0.29) is 12.5 Å². The first-order chi connectivity index (χ1) is 13.7. The van der Waals surface area contributed by atoms with Gasteiger partial charge in [0.25, 0.3) is 5.89 Å². The summed E-state index contributed by atoms with van der Waals surface area (Å²) < 4.78 is 36.0. The molecular formula is C21H15F2N3O2. The first-order valence-electron chi connectivity index (χ1n) is 8.55. The fraction of sp³-hybridized carbons (Fsp3) is 0.0952. The highest BCUT2D eigenvalue weighted by Gasteiger charge is 2.17. The second-order valence-corrected chi connectivity index (χ2v) is 5.94. The number of hydrogen-bond donors (Lipinski definition) is 0. The van der Waals surface area contributed by atoms with Gasteiger partial charge in [-0.15, -0.1) is 10.2 Å². The molecule has 0 bridgehead atoms. The number of nitrogens with zero attached hydrogens (tertiary/aromatic N) is 3. The van der Waals surface area contributed by atoms with Crippen LogP contribution in [0.2, 0.25) is 0 Å². The van der Waals surface area contributed by atoms with Gasteiger partial charge in [-0.2, -0.15) is 8.78 Å². The number of rotatable bonds is 6. The smallest absolute Gasteiger partial charge is 0.314 e. The largest absolute Gasteiger partial charge is 0.487 e. The van der Waals surface area contributed by atoms with Gasteiger partial charge >= 0.3 is 6.43 Å². The van der Waals surface area contributed by atoms with E-state index in [4.69, 9.17) is 9.15 Å². The molecule has 0 fully saturated rings. The highest BCUT2D eigenvalue weighted by Crippen LogP contribution is 2.30. The molecule has 0 saturated heterocycles. The number of hydrogen-bond acceptors (Lipinski definition) is 5. The van der Waals surface area contributed by atoms with Crippen molar-refractivity contribution in [3.05, 3.63) is 84.5 Å². The minimum absolute atomic E-state index is 0.00434. The average Bonchev–Trinajstić information content (AvgIpc) is 3.24. The molecule has 5 nitrogen and oxygen atoms in total. The van der Waals surface area contributed by atoms with Gasteiger partial charge < -0.3 is 9.15 Å². The van der Waals surface area contributed by atoms with Crippen molar-refractivity contribution < 1.29 is 17.9 Å². The lowest BCUT2D eigenvalue weighted by Gasteiger charge is -2.11. The average molecular weight is 379 g/mol. The molecule has 4 rings (SSSR count). The Morgan fingerprint density at radius 3 is 2.36 bits per heavy atom. The number of pyridine rings is 1. The molecule has 2 aromatic heterocycles. The number of para-hydroxylation sites is 1. The predicted octanol–water partition coefficient (Wildman–Crippen LogP) is 5.32. The summed E-state index contributed by atoms with van der Waals surface area (Å²) in [5, 5.41) is 6.92. The minimum atomic E-state index is -2.80. The lowest BCUT2D eigenvalue weighted by atomic mass is 10.1. The zero-order valence-corrected chi connectivity index (χ0v) is 14.6. The minimum Gasteiger partial charge on any atom is -0.487 e. The quantitative estimate of drug-likeness (QED) is 0.454. The molecule has 0 aliphatic rings. The van der Waals surface area contributed by atoms with Crippen molar-refractivity contribution in [2.75, 3.05) is 0 Å². The SMILES string of the molecule is FC(F)c1nnc(-c2ccc(COc3ccccc3-c3ccccc3)nc2)o1. The maximum Gasteiger partial charge on any atom is 0.314 e. The third-order valence-electron chi connectivity index (χ3n) is 4.05. The number of ether oxygens (including phenoxy) is 1. The molecule has 140 valence electrons. The van der Waals surface area contributed by atoms with Crippen molar-refractivity contribution in [3.8, 4) is 28.3 Å². The van der Waals surface area contributed by atoms with E-state index in [9.17, 15) is 8.78 Å². The lowest BCUT2D eigenvalue weighted by Crippen LogP contribution is -1.99. The Kier molecular flexibility index (Phi) is 5.05. The summed E-state index contributed by atoms with van der Waals surface area (Å²) in [7, 11) is 0. The van der Waals surface area contributed by atoms with Gasteiger partial charge in [0.1, 0.15) is 12.4 Å². The van der Waals surface area contributed by atoms with Gasteiger partial charge in [0.15, 0.2) is 0 Å². The van der Waals surface area contributed by atoms with Crippen molar-refractivity contribution in [2.24, 2.45) is 0 Å². The number of aromatic nitrogens is 3. The summed E-state index contributed by atoms with van der Waals surface area (Å²) in [5.74, 6) is 0.0441. The summed E-state index contributed by atoms with van der Waals surface area (Å²) in [5.41, 5.74) is 3.20. The van der Waals surface area contributed by atoms with E-state index in [0.29, 0.717) is 11.3 Å². The lowest BCUT2D eigenvalue weighted by molar-refractivity contribution is 0.116. The van der Waals surface area contributed by atoms with Crippen LogP contribution in [0, 0.1) is 0 Å². The molecule has 2 heterocycles. The van der Waals surface area contributed by atoms with Gasteiger partial charge in [-0.05, 0) is 23.8 Å². The molecule has 0 saturated carbocycles. The van der Waals surface area contributed by atoms with E-state index in [0.717, 1.165) is 16.9 Å². The Labute approximate surface area is 159 Å². The van der Waals surface area contributed by atoms with Gasteiger partial charge in [-0.25, -0.2) is 0 Å². The van der Waals surface area contributed by atoms with E-state index in [1.54, 1.807) is 12.1 Å². The normalized spacial score (nSPS) is 11.0. The topological polar surface area (TPSA) is 61.0 Å². The second kappa shape index (κ2) is 7.96. The molecule has 0 unspecified atom stereocenters. The highest BCUT2D eigenvalue weighted by atomic mass is 19.3. The maximum absolute atomic E-state index is 12.5. The summed E-state index contributed by atoms with van der Waals surface area (Å²) >= 11 is 0. The van der Waals surface area contributed by atoms with Crippen molar-refractivity contribution in [3.63, 3.8) is 0 Å². The molecule has 28 heavy (non-hydrogen) atoms. The monoisotopic (exact) mass is 379 g/mol. The van der Waals surface area contributed by atoms with Gasteiger partial charge in [-0.3, -0.25) is 4.98 Å². The van der Waals surface area contributed by atoms with Gasteiger partial charge in [0.2, 0.25) is 5.89 Å². The molecule has 0 radical (unpaired) electrons. The van der Waals surface area contributed by atoms with Crippen molar-refractivity contribution in [2.45, 2.75) is 13.0 Å². The first kappa shape index (κ1) is 17.8. The van der Waals surface area contributed by atoms with Crippen LogP contribution in [0.5, 0.6) is 5.75 Å². The Hall–Kier alpha value is -3.61. The second-order valence-electron chi connectivity index (χ2n) is 5.94. The summed E-state index contributed by atoms with van der Waals surface area (Å²) in [6.45, 7) is 0.260.